The predicted molar refractivity (Wildman–Crippen MR) is 79.8 cm³/mol. The second-order valence-electron chi connectivity index (χ2n) is 5.69. The van der Waals surface area contributed by atoms with E-state index in [9.17, 15) is 4.79 Å². The summed E-state index contributed by atoms with van der Waals surface area (Å²) in [5, 5.41) is 5.43. The minimum absolute atomic E-state index is 0.216. The Hall–Kier alpha value is -0.910. The monoisotopic (exact) mass is 294 g/mol. The molecular formula is C15H22N2O2S. The van der Waals surface area contributed by atoms with E-state index in [1.807, 2.05) is 4.90 Å². The summed E-state index contributed by atoms with van der Waals surface area (Å²) in [6, 6.07) is 2.14. The molecule has 0 spiro atoms. The third-order valence-corrected chi connectivity index (χ3v) is 5.40. The maximum absolute atomic E-state index is 12.2. The first kappa shape index (κ1) is 14.0. The summed E-state index contributed by atoms with van der Waals surface area (Å²) < 4.78 is 5.54. The first-order valence-electron chi connectivity index (χ1n) is 7.39. The molecular weight excluding hydrogens is 272 g/mol. The van der Waals surface area contributed by atoms with Gasteiger partial charge in [0.15, 0.2) is 0 Å². The lowest BCUT2D eigenvalue weighted by atomic mass is 10.0. The van der Waals surface area contributed by atoms with E-state index in [-0.39, 0.29) is 5.91 Å². The SMILES string of the molecule is CC1OCCC1CNCC(=O)N1CCc2sccc2C1. The lowest BCUT2D eigenvalue weighted by molar-refractivity contribution is -0.131. The van der Waals surface area contributed by atoms with Crippen molar-refractivity contribution in [3.63, 3.8) is 0 Å². The van der Waals surface area contributed by atoms with Gasteiger partial charge in [-0.25, -0.2) is 0 Å². The van der Waals surface area contributed by atoms with Gasteiger partial charge < -0.3 is 15.0 Å². The number of carbonyl (C=O) groups is 1. The van der Waals surface area contributed by atoms with Crippen LogP contribution < -0.4 is 5.32 Å². The van der Waals surface area contributed by atoms with Crippen molar-refractivity contribution in [1.29, 1.82) is 0 Å². The van der Waals surface area contributed by atoms with Gasteiger partial charge in [0.05, 0.1) is 12.6 Å². The van der Waals surface area contributed by atoms with Crippen LogP contribution in [0.25, 0.3) is 0 Å². The van der Waals surface area contributed by atoms with Crippen LogP contribution in [-0.2, 0) is 22.5 Å². The van der Waals surface area contributed by atoms with Gasteiger partial charge in [0.25, 0.3) is 0 Å². The number of rotatable bonds is 4. The van der Waals surface area contributed by atoms with Crippen LogP contribution in [0.15, 0.2) is 11.4 Å². The molecule has 0 bridgehead atoms. The summed E-state index contributed by atoms with van der Waals surface area (Å²) in [7, 11) is 0. The van der Waals surface area contributed by atoms with Crippen LogP contribution in [0.4, 0.5) is 0 Å². The number of carbonyl (C=O) groups excluding carboxylic acids is 1. The molecule has 2 atom stereocenters. The van der Waals surface area contributed by atoms with Crippen molar-refractivity contribution in [2.75, 3.05) is 26.2 Å². The van der Waals surface area contributed by atoms with Crippen molar-refractivity contribution in [1.82, 2.24) is 10.2 Å². The maximum atomic E-state index is 12.2. The molecule has 4 nitrogen and oxygen atoms in total. The van der Waals surface area contributed by atoms with Crippen molar-refractivity contribution in [3.8, 4) is 0 Å². The highest BCUT2D eigenvalue weighted by Gasteiger charge is 2.25. The van der Waals surface area contributed by atoms with Crippen LogP contribution in [0.5, 0.6) is 0 Å². The van der Waals surface area contributed by atoms with Crippen molar-refractivity contribution in [3.05, 3.63) is 21.9 Å². The summed E-state index contributed by atoms with van der Waals surface area (Å²) in [4.78, 5) is 15.6. The summed E-state index contributed by atoms with van der Waals surface area (Å²) in [5.41, 5.74) is 1.33. The molecule has 3 heterocycles. The molecule has 5 heteroatoms. The van der Waals surface area contributed by atoms with Gasteiger partial charge in [-0.1, -0.05) is 0 Å². The largest absolute Gasteiger partial charge is 0.378 e. The van der Waals surface area contributed by atoms with E-state index in [0.717, 1.165) is 39.1 Å². The molecule has 3 rings (SSSR count). The van der Waals surface area contributed by atoms with Gasteiger partial charge in [-0.15, -0.1) is 11.3 Å². The number of hydrogen-bond donors (Lipinski definition) is 1. The highest BCUT2D eigenvalue weighted by molar-refractivity contribution is 7.10. The van der Waals surface area contributed by atoms with Crippen LogP contribution in [0.2, 0.25) is 0 Å². The first-order valence-corrected chi connectivity index (χ1v) is 8.27. The Bertz CT molecular complexity index is 474. The number of ether oxygens (including phenoxy) is 1. The minimum atomic E-state index is 0.216. The zero-order chi connectivity index (χ0) is 13.9. The Labute approximate surface area is 124 Å². The Morgan fingerprint density at radius 3 is 3.30 bits per heavy atom. The van der Waals surface area contributed by atoms with E-state index in [1.165, 1.54) is 10.4 Å². The third kappa shape index (κ3) is 3.05. The quantitative estimate of drug-likeness (QED) is 0.918. The van der Waals surface area contributed by atoms with E-state index in [2.05, 4.69) is 23.7 Å². The molecule has 2 unspecified atom stereocenters. The molecule has 1 aromatic rings. The highest BCUT2D eigenvalue weighted by atomic mass is 32.1. The van der Waals surface area contributed by atoms with Crippen LogP contribution in [0, 0.1) is 5.92 Å². The molecule has 0 aromatic carbocycles. The number of amides is 1. The molecule has 20 heavy (non-hydrogen) atoms. The van der Waals surface area contributed by atoms with Crippen molar-refractivity contribution in [2.24, 2.45) is 5.92 Å². The fourth-order valence-corrected chi connectivity index (χ4v) is 3.87. The second kappa shape index (κ2) is 6.24. The van der Waals surface area contributed by atoms with Gasteiger partial charge >= 0.3 is 0 Å². The van der Waals surface area contributed by atoms with Crippen molar-refractivity contribution >= 4 is 17.2 Å². The van der Waals surface area contributed by atoms with Gasteiger partial charge in [-0.05, 0) is 42.7 Å². The molecule has 1 aromatic heterocycles. The smallest absolute Gasteiger partial charge is 0.236 e. The summed E-state index contributed by atoms with van der Waals surface area (Å²) >= 11 is 1.81. The zero-order valence-electron chi connectivity index (χ0n) is 11.9. The van der Waals surface area contributed by atoms with Crippen LogP contribution in [0.3, 0.4) is 0 Å². The minimum Gasteiger partial charge on any atom is -0.378 e. The van der Waals surface area contributed by atoms with Gasteiger partial charge in [-0.3, -0.25) is 4.79 Å². The fraction of sp³-hybridized carbons (Fsp3) is 0.667. The number of nitrogens with zero attached hydrogens (tertiary/aromatic N) is 1. The normalized spacial score (nSPS) is 25.8. The predicted octanol–water partition coefficient (Wildman–Crippen LogP) is 1.65. The molecule has 0 saturated carbocycles. The van der Waals surface area contributed by atoms with E-state index in [1.54, 1.807) is 11.3 Å². The molecule has 0 aliphatic carbocycles. The molecule has 2 aliphatic rings. The van der Waals surface area contributed by atoms with E-state index < -0.39 is 0 Å². The first-order chi connectivity index (χ1) is 9.74. The number of hydrogen-bond acceptors (Lipinski definition) is 4. The Kier molecular flexibility index (Phi) is 4.38. The van der Waals surface area contributed by atoms with Gasteiger partial charge in [0.2, 0.25) is 5.91 Å². The average Bonchev–Trinajstić information content (AvgIpc) is 3.07. The standard InChI is InChI=1S/C15H22N2O2S/c1-11-12(3-6-19-11)8-16-9-15(18)17-5-2-14-13(10-17)4-7-20-14/h4,7,11-12,16H,2-3,5-6,8-10H2,1H3. The van der Waals surface area contributed by atoms with Gasteiger partial charge in [-0.2, -0.15) is 0 Å². The van der Waals surface area contributed by atoms with Crippen molar-refractivity contribution in [2.45, 2.75) is 32.4 Å². The number of fused-ring (bicyclic) bond motifs is 1. The van der Waals surface area contributed by atoms with E-state index >= 15 is 0 Å². The molecule has 1 fully saturated rings. The maximum Gasteiger partial charge on any atom is 0.236 e. The second-order valence-corrected chi connectivity index (χ2v) is 6.69. The summed E-state index contributed by atoms with van der Waals surface area (Å²) in [5.74, 6) is 0.765. The van der Waals surface area contributed by atoms with Crippen LogP contribution >= 0.6 is 11.3 Å². The molecule has 1 N–H and O–H groups in total. The molecule has 1 saturated heterocycles. The van der Waals surface area contributed by atoms with E-state index in [0.29, 0.717) is 18.6 Å². The third-order valence-electron chi connectivity index (χ3n) is 4.38. The van der Waals surface area contributed by atoms with Gasteiger partial charge in [0, 0.05) is 31.1 Å². The Morgan fingerprint density at radius 2 is 2.50 bits per heavy atom. The Morgan fingerprint density at radius 1 is 1.60 bits per heavy atom. The van der Waals surface area contributed by atoms with Crippen LogP contribution in [-0.4, -0.2) is 43.2 Å². The molecule has 0 radical (unpaired) electrons. The topological polar surface area (TPSA) is 41.6 Å². The highest BCUT2D eigenvalue weighted by Crippen LogP contribution is 2.24. The zero-order valence-corrected chi connectivity index (χ0v) is 12.7. The average molecular weight is 294 g/mol. The van der Waals surface area contributed by atoms with Crippen molar-refractivity contribution < 1.29 is 9.53 Å². The molecule has 2 aliphatic heterocycles. The lowest BCUT2D eigenvalue weighted by Crippen LogP contribution is -2.42. The van der Waals surface area contributed by atoms with E-state index in [4.69, 9.17) is 4.74 Å². The molecule has 1 amide bonds. The lowest BCUT2D eigenvalue weighted by Gasteiger charge is -2.27. The summed E-state index contributed by atoms with van der Waals surface area (Å²) in [6.45, 7) is 5.94. The molecule has 110 valence electrons. The van der Waals surface area contributed by atoms with Crippen LogP contribution in [0.1, 0.15) is 23.8 Å². The number of nitrogens with one attached hydrogen (secondary N) is 1. The van der Waals surface area contributed by atoms with Gasteiger partial charge in [0.1, 0.15) is 0 Å². The Balaban J connectivity index is 1.43. The fourth-order valence-electron chi connectivity index (χ4n) is 2.98. The summed E-state index contributed by atoms with van der Waals surface area (Å²) in [6.07, 6.45) is 2.43. The number of thiophene rings is 1.